The molecule has 2 heterocycles. The fraction of sp³-hybridized carbons (Fsp3) is 0.143. The fourth-order valence-corrected chi connectivity index (χ4v) is 2.69. The van der Waals surface area contributed by atoms with Crippen LogP contribution < -0.4 is 9.47 Å². The standard InChI is InChI=1S/C14H11N3O3S/c1-19-12-6-9(7-15)2-3-11(12)20-13-10(8-18)17-4-5-21-14(17)16-13/h2-6,18H,8H2,1H3. The van der Waals surface area contributed by atoms with Crippen LogP contribution in [0.15, 0.2) is 29.8 Å². The van der Waals surface area contributed by atoms with Crippen molar-refractivity contribution in [3.05, 3.63) is 41.0 Å². The van der Waals surface area contributed by atoms with Crippen LogP contribution in [-0.4, -0.2) is 21.6 Å². The fourth-order valence-electron chi connectivity index (χ4n) is 1.96. The van der Waals surface area contributed by atoms with Gasteiger partial charge in [-0.2, -0.15) is 10.2 Å². The zero-order chi connectivity index (χ0) is 14.8. The van der Waals surface area contributed by atoms with E-state index >= 15 is 0 Å². The monoisotopic (exact) mass is 301 g/mol. The number of aromatic nitrogens is 2. The third-order valence-electron chi connectivity index (χ3n) is 2.97. The normalized spacial score (nSPS) is 10.5. The summed E-state index contributed by atoms with van der Waals surface area (Å²) in [6.45, 7) is -0.189. The summed E-state index contributed by atoms with van der Waals surface area (Å²) in [5.74, 6) is 1.21. The number of hydrogen-bond donors (Lipinski definition) is 1. The minimum Gasteiger partial charge on any atom is -0.493 e. The number of methoxy groups -OCH3 is 1. The molecule has 0 aliphatic rings. The molecule has 0 bridgehead atoms. The van der Waals surface area contributed by atoms with E-state index in [1.54, 1.807) is 22.6 Å². The highest BCUT2D eigenvalue weighted by atomic mass is 32.1. The number of fused-ring (bicyclic) bond motifs is 1. The van der Waals surface area contributed by atoms with Crippen LogP contribution >= 0.6 is 11.3 Å². The Balaban J connectivity index is 2.02. The molecule has 106 valence electrons. The van der Waals surface area contributed by atoms with Crippen LogP contribution in [0.2, 0.25) is 0 Å². The van der Waals surface area contributed by atoms with Crippen molar-refractivity contribution in [3.8, 4) is 23.4 Å². The molecule has 0 saturated heterocycles. The maximum atomic E-state index is 9.50. The van der Waals surface area contributed by atoms with Crippen LogP contribution in [0.3, 0.4) is 0 Å². The maximum Gasteiger partial charge on any atom is 0.244 e. The molecule has 3 rings (SSSR count). The quantitative estimate of drug-likeness (QED) is 0.801. The zero-order valence-corrected chi connectivity index (χ0v) is 11.9. The number of aliphatic hydroxyl groups is 1. The van der Waals surface area contributed by atoms with Gasteiger partial charge in [0.25, 0.3) is 0 Å². The number of nitriles is 1. The maximum absolute atomic E-state index is 9.50. The predicted molar refractivity (Wildman–Crippen MR) is 76.8 cm³/mol. The lowest BCUT2D eigenvalue weighted by Crippen LogP contribution is -1.96. The van der Waals surface area contributed by atoms with Gasteiger partial charge in [0.1, 0.15) is 5.69 Å². The Morgan fingerprint density at radius 3 is 3.00 bits per heavy atom. The van der Waals surface area contributed by atoms with Gasteiger partial charge in [0.2, 0.25) is 5.88 Å². The summed E-state index contributed by atoms with van der Waals surface area (Å²) in [6, 6.07) is 6.91. The lowest BCUT2D eigenvalue weighted by molar-refractivity contribution is 0.269. The Morgan fingerprint density at radius 2 is 2.29 bits per heavy atom. The first-order valence-corrected chi connectivity index (χ1v) is 6.96. The van der Waals surface area contributed by atoms with Crippen LogP contribution in [0, 0.1) is 11.3 Å². The van der Waals surface area contributed by atoms with Crippen LogP contribution in [0.1, 0.15) is 11.3 Å². The molecule has 0 atom stereocenters. The summed E-state index contributed by atoms with van der Waals surface area (Å²) in [5, 5.41) is 20.3. The summed E-state index contributed by atoms with van der Waals surface area (Å²) in [5.41, 5.74) is 1.05. The van der Waals surface area contributed by atoms with Crippen LogP contribution in [0.5, 0.6) is 17.4 Å². The van der Waals surface area contributed by atoms with E-state index in [4.69, 9.17) is 14.7 Å². The smallest absolute Gasteiger partial charge is 0.244 e. The van der Waals surface area contributed by atoms with Gasteiger partial charge in [0.15, 0.2) is 16.5 Å². The summed E-state index contributed by atoms with van der Waals surface area (Å²) < 4.78 is 12.7. The highest BCUT2D eigenvalue weighted by molar-refractivity contribution is 7.15. The third kappa shape index (κ3) is 2.31. The Morgan fingerprint density at radius 1 is 1.43 bits per heavy atom. The summed E-state index contributed by atoms with van der Waals surface area (Å²) in [6.07, 6.45) is 1.82. The second-order valence-electron chi connectivity index (χ2n) is 4.16. The number of aliphatic hydroxyl groups excluding tert-OH is 1. The second-order valence-corrected chi connectivity index (χ2v) is 5.03. The molecular weight excluding hydrogens is 290 g/mol. The SMILES string of the molecule is COc1cc(C#N)ccc1Oc1nc2sccn2c1CO. The van der Waals surface area contributed by atoms with Crippen LogP contribution in [0.25, 0.3) is 4.96 Å². The molecule has 0 radical (unpaired) electrons. The molecule has 7 heteroatoms. The van der Waals surface area contributed by atoms with Crippen molar-refractivity contribution in [2.75, 3.05) is 7.11 Å². The predicted octanol–water partition coefficient (Wildman–Crippen LogP) is 2.56. The molecule has 0 fully saturated rings. The highest BCUT2D eigenvalue weighted by Crippen LogP contribution is 2.34. The summed E-state index contributed by atoms with van der Waals surface area (Å²) in [7, 11) is 1.50. The van der Waals surface area contributed by atoms with Crippen molar-refractivity contribution in [2.24, 2.45) is 0 Å². The Kier molecular flexibility index (Phi) is 3.48. The number of imidazole rings is 1. The number of thiazole rings is 1. The van der Waals surface area contributed by atoms with E-state index in [1.165, 1.54) is 18.4 Å². The van der Waals surface area contributed by atoms with Gasteiger partial charge in [-0.05, 0) is 12.1 Å². The van der Waals surface area contributed by atoms with Crippen molar-refractivity contribution in [3.63, 3.8) is 0 Å². The van der Waals surface area contributed by atoms with E-state index in [0.717, 1.165) is 4.96 Å². The topological polar surface area (TPSA) is 79.8 Å². The van der Waals surface area contributed by atoms with Gasteiger partial charge in [0, 0.05) is 17.6 Å². The second kappa shape index (κ2) is 5.44. The van der Waals surface area contributed by atoms with Gasteiger partial charge in [-0.1, -0.05) is 0 Å². The van der Waals surface area contributed by atoms with E-state index in [0.29, 0.717) is 28.6 Å². The number of hydrogen-bond acceptors (Lipinski definition) is 6. The minimum atomic E-state index is -0.189. The van der Waals surface area contributed by atoms with Gasteiger partial charge < -0.3 is 14.6 Å². The molecular formula is C14H11N3O3S. The number of benzene rings is 1. The first-order chi connectivity index (χ1) is 10.3. The Labute approximate surface area is 124 Å². The highest BCUT2D eigenvalue weighted by Gasteiger charge is 2.16. The van der Waals surface area contributed by atoms with E-state index in [9.17, 15) is 5.11 Å². The molecule has 6 nitrogen and oxygen atoms in total. The Bertz CT molecular complexity index is 832. The van der Waals surface area contributed by atoms with Gasteiger partial charge in [-0.15, -0.1) is 11.3 Å². The molecule has 0 amide bonds. The van der Waals surface area contributed by atoms with E-state index in [-0.39, 0.29) is 6.61 Å². The molecule has 1 aromatic carbocycles. The van der Waals surface area contributed by atoms with Gasteiger partial charge in [-0.3, -0.25) is 4.40 Å². The molecule has 0 aliphatic carbocycles. The summed E-state index contributed by atoms with van der Waals surface area (Å²) >= 11 is 1.45. The molecule has 0 aliphatic heterocycles. The summed E-state index contributed by atoms with van der Waals surface area (Å²) in [4.78, 5) is 5.07. The lowest BCUT2D eigenvalue weighted by atomic mass is 10.2. The number of ether oxygens (including phenoxy) is 2. The van der Waals surface area contributed by atoms with Crippen molar-refractivity contribution in [1.82, 2.24) is 9.38 Å². The largest absolute Gasteiger partial charge is 0.493 e. The van der Waals surface area contributed by atoms with Crippen molar-refractivity contribution >= 4 is 16.3 Å². The first-order valence-electron chi connectivity index (χ1n) is 6.08. The van der Waals surface area contributed by atoms with Crippen molar-refractivity contribution in [1.29, 1.82) is 5.26 Å². The van der Waals surface area contributed by atoms with Crippen molar-refractivity contribution < 1.29 is 14.6 Å². The average Bonchev–Trinajstić information content (AvgIpc) is 3.08. The molecule has 0 saturated carbocycles. The Hall–Kier alpha value is -2.56. The van der Waals surface area contributed by atoms with Gasteiger partial charge in [-0.25, -0.2) is 0 Å². The molecule has 21 heavy (non-hydrogen) atoms. The molecule has 2 aromatic heterocycles. The van der Waals surface area contributed by atoms with E-state index in [2.05, 4.69) is 4.98 Å². The van der Waals surface area contributed by atoms with Crippen LogP contribution in [0.4, 0.5) is 0 Å². The molecule has 0 unspecified atom stereocenters. The lowest BCUT2D eigenvalue weighted by Gasteiger charge is -2.09. The van der Waals surface area contributed by atoms with E-state index in [1.807, 2.05) is 17.6 Å². The van der Waals surface area contributed by atoms with Crippen molar-refractivity contribution in [2.45, 2.75) is 6.61 Å². The molecule has 3 aromatic rings. The van der Waals surface area contributed by atoms with Gasteiger partial charge in [0.05, 0.1) is 25.3 Å². The van der Waals surface area contributed by atoms with E-state index < -0.39 is 0 Å². The third-order valence-corrected chi connectivity index (χ3v) is 3.73. The average molecular weight is 301 g/mol. The number of rotatable bonds is 4. The molecule has 0 spiro atoms. The number of nitrogens with zero attached hydrogens (tertiary/aromatic N) is 3. The van der Waals surface area contributed by atoms with Crippen LogP contribution in [-0.2, 0) is 6.61 Å². The first kappa shape index (κ1) is 13.4. The molecule has 1 N–H and O–H groups in total. The zero-order valence-electron chi connectivity index (χ0n) is 11.1. The van der Waals surface area contributed by atoms with Gasteiger partial charge >= 0.3 is 0 Å². The minimum absolute atomic E-state index is 0.189.